The van der Waals surface area contributed by atoms with Crippen LogP contribution in [-0.2, 0) is 17.6 Å². The lowest BCUT2D eigenvalue weighted by molar-refractivity contribution is -0.124. The number of thiazole rings is 1. The fraction of sp³-hybridized carbons (Fsp3) is 0.474. The van der Waals surface area contributed by atoms with Crippen LogP contribution in [0.2, 0.25) is 0 Å². The second-order valence-corrected chi connectivity index (χ2v) is 7.47. The molecule has 1 aromatic heterocycles. The van der Waals surface area contributed by atoms with Crippen molar-refractivity contribution in [2.24, 2.45) is 5.92 Å². The Bertz CT molecular complexity index is 645. The maximum absolute atomic E-state index is 12.0. The first-order valence-corrected chi connectivity index (χ1v) is 9.31. The smallest absolute Gasteiger partial charge is 0.223 e. The number of nitrogens with one attached hydrogen (secondary N) is 1. The first-order chi connectivity index (χ1) is 11.2. The molecule has 122 valence electrons. The summed E-state index contributed by atoms with van der Waals surface area (Å²) in [6, 6.07) is 10.5. The third kappa shape index (κ3) is 4.41. The van der Waals surface area contributed by atoms with Gasteiger partial charge < -0.3 is 5.32 Å². The van der Waals surface area contributed by atoms with Gasteiger partial charge in [-0.15, -0.1) is 11.3 Å². The molecule has 4 heteroatoms. The number of aryl methyl sites for hydroxylation is 1. The van der Waals surface area contributed by atoms with Crippen molar-refractivity contribution in [2.75, 3.05) is 6.54 Å². The van der Waals surface area contributed by atoms with Gasteiger partial charge in [0.2, 0.25) is 5.91 Å². The summed E-state index contributed by atoms with van der Waals surface area (Å²) in [6.07, 6.45) is 6.30. The summed E-state index contributed by atoms with van der Waals surface area (Å²) in [5.41, 5.74) is 2.44. The zero-order valence-corrected chi connectivity index (χ0v) is 14.5. The summed E-state index contributed by atoms with van der Waals surface area (Å²) in [5.74, 6) is 0.488. The quantitative estimate of drug-likeness (QED) is 0.874. The summed E-state index contributed by atoms with van der Waals surface area (Å²) in [7, 11) is 0. The first kappa shape index (κ1) is 16.2. The molecule has 3 nitrogen and oxygen atoms in total. The highest BCUT2D eigenvalue weighted by molar-refractivity contribution is 7.11. The van der Waals surface area contributed by atoms with Gasteiger partial charge in [-0.05, 0) is 25.3 Å². The molecule has 23 heavy (non-hydrogen) atoms. The molecule has 0 bridgehead atoms. The Kier molecular flexibility index (Phi) is 5.44. The molecule has 3 rings (SSSR count). The van der Waals surface area contributed by atoms with Crippen LogP contribution in [0.15, 0.2) is 30.3 Å². The van der Waals surface area contributed by atoms with E-state index in [1.165, 1.54) is 23.3 Å². The highest BCUT2D eigenvalue weighted by Gasteiger charge is 2.22. The van der Waals surface area contributed by atoms with Crippen LogP contribution >= 0.6 is 11.3 Å². The van der Waals surface area contributed by atoms with Crippen LogP contribution in [0.3, 0.4) is 0 Å². The van der Waals surface area contributed by atoms with E-state index in [0.29, 0.717) is 6.54 Å². The minimum atomic E-state index is 0.236. The summed E-state index contributed by atoms with van der Waals surface area (Å²) in [6.45, 7) is 2.78. The van der Waals surface area contributed by atoms with Crippen LogP contribution in [0.5, 0.6) is 0 Å². The molecule has 1 amide bonds. The molecule has 1 N–H and O–H groups in total. The fourth-order valence-electron chi connectivity index (χ4n) is 3.17. The fourth-order valence-corrected chi connectivity index (χ4v) is 4.27. The zero-order valence-electron chi connectivity index (χ0n) is 13.7. The molecule has 1 heterocycles. The number of aromatic nitrogens is 1. The number of nitrogens with zero attached hydrogens (tertiary/aromatic N) is 1. The molecule has 1 aliphatic carbocycles. The highest BCUT2D eigenvalue weighted by Crippen LogP contribution is 2.25. The van der Waals surface area contributed by atoms with Crippen molar-refractivity contribution < 1.29 is 4.79 Å². The van der Waals surface area contributed by atoms with Gasteiger partial charge in [0, 0.05) is 30.2 Å². The van der Waals surface area contributed by atoms with Crippen molar-refractivity contribution in [1.82, 2.24) is 10.3 Å². The van der Waals surface area contributed by atoms with E-state index < -0.39 is 0 Å². The number of rotatable bonds is 6. The van der Waals surface area contributed by atoms with Gasteiger partial charge in [0.15, 0.2) is 0 Å². The minimum Gasteiger partial charge on any atom is -0.355 e. The van der Waals surface area contributed by atoms with Crippen molar-refractivity contribution in [2.45, 2.75) is 45.4 Å². The maximum atomic E-state index is 12.0. The van der Waals surface area contributed by atoms with Crippen molar-refractivity contribution in [3.63, 3.8) is 0 Å². The second-order valence-electron chi connectivity index (χ2n) is 6.30. The number of benzene rings is 1. The Morgan fingerprint density at radius 2 is 2.00 bits per heavy atom. The lowest BCUT2D eigenvalue weighted by Crippen LogP contribution is -2.30. The van der Waals surface area contributed by atoms with Gasteiger partial charge in [0.05, 0.1) is 10.7 Å². The Balaban J connectivity index is 1.51. The molecule has 1 aliphatic rings. The van der Waals surface area contributed by atoms with E-state index in [0.717, 1.165) is 36.4 Å². The van der Waals surface area contributed by atoms with Crippen molar-refractivity contribution in [1.29, 1.82) is 0 Å². The predicted octanol–water partition coefficient (Wildman–Crippen LogP) is 3.89. The summed E-state index contributed by atoms with van der Waals surface area (Å²) >= 11 is 1.78. The second kappa shape index (κ2) is 7.73. The lowest BCUT2D eigenvalue weighted by Gasteiger charge is -2.09. The van der Waals surface area contributed by atoms with Crippen LogP contribution in [0, 0.1) is 12.8 Å². The molecule has 0 spiro atoms. The van der Waals surface area contributed by atoms with E-state index >= 15 is 0 Å². The van der Waals surface area contributed by atoms with Crippen LogP contribution in [-0.4, -0.2) is 17.4 Å². The Labute approximate surface area is 142 Å². The zero-order chi connectivity index (χ0) is 16.1. The summed E-state index contributed by atoms with van der Waals surface area (Å²) in [4.78, 5) is 18.0. The molecule has 0 unspecified atom stereocenters. The van der Waals surface area contributed by atoms with Crippen LogP contribution in [0.1, 0.15) is 46.8 Å². The maximum Gasteiger partial charge on any atom is 0.223 e. The molecule has 2 aromatic rings. The lowest BCUT2D eigenvalue weighted by atomic mass is 10.1. The molecule has 1 fully saturated rings. The average molecular weight is 328 g/mol. The number of hydrogen-bond donors (Lipinski definition) is 1. The molecule has 1 saturated carbocycles. The van der Waals surface area contributed by atoms with Crippen LogP contribution in [0.4, 0.5) is 0 Å². The van der Waals surface area contributed by atoms with Crippen molar-refractivity contribution in [3.8, 4) is 0 Å². The molecular weight excluding hydrogens is 304 g/mol. The van der Waals surface area contributed by atoms with Gasteiger partial charge in [-0.3, -0.25) is 4.79 Å². The van der Waals surface area contributed by atoms with E-state index in [1.807, 2.05) is 6.07 Å². The third-order valence-electron chi connectivity index (χ3n) is 4.51. The number of carbonyl (C=O) groups excluding carboxylic acids is 1. The largest absolute Gasteiger partial charge is 0.355 e. The normalized spacial score (nSPS) is 15.0. The number of amides is 1. The van der Waals surface area contributed by atoms with E-state index in [1.54, 1.807) is 11.3 Å². The molecular formula is C19H24N2OS. The van der Waals surface area contributed by atoms with Crippen LogP contribution < -0.4 is 5.32 Å². The van der Waals surface area contributed by atoms with Crippen LogP contribution in [0.25, 0.3) is 0 Å². The van der Waals surface area contributed by atoms with Crippen molar-refractivity contribution in [3.05, 3.63) is 51.5 Å². The molecule has 0 aliphatic heterocycles. The van der Waals surface area contributed by atoms with E-state index in [4.69, 9.17) is 0 Å². The molecule has 0 radical (unpaired) electrons. The third-order valence-corrected chi connectivity index (χ3v) is 5.73. The Morgan fingerprint density at radius 3 is 2.74 bits per heavy atom. The average Bonchev–Trinajstić information content (AvgIpc) is 3.19. The Morgan fingerprint density at radius 1 is 1.26 bits per heavy atom. The topological polar surface area (TPSA) is 42.0 Å². The summed E-state index contributed by atoms with van der Waals surface area (Å²) in [5, 5.41) is 4.20. The van der Waals surface area contributed by atoms with E-state index in [-0.39, 0.29) is 11.8 Å². The first-order valence-electron chi connectivity index (χ1n) is 8.49. The van der Waals surface area contributed by atoms with Gasteiger partial charge in [0.1, 0.15) is 0 Å². The van der Waals surface area contributed by atoms with Gasteiger partial charge in [-0.25, -0.2) is 4.98 Å². The predicted molar refractivity (Wildman–Crippen MR) is 94.8 cm³/mol. The minimum absolute atomic E-state index is 0.236. The molecule has 0 atom stereocenters. The highest BCUT2D eigenvalue weighted by atomic mass is 32.1. The van der Waals surface area contributed by atoms with Gasteiger partial charge >= 0.3 is 0 Å². The van der Waals surface area contributed by atoms with Gasteiger partial charge in [0.25, 0.3) is 0 Å². The molecule has 1 aromatic carbocycles. The molecule has 0 saturated heterocycles. The Hall–Kier alpha value is -1.68. The van der Waals surface area contributed by atoms with E-state index in [2.05, 4.69) is 41.5 Å². The van der Waals surface area contributed by atoms with Gasteiger partial charge in [-0.2, -0.15) is 0 Å². The number of carbonyl (C=O) groups is 1. The van der Waals surface area contributed by atoms with Crippen molar-refractivity contribution >= 4 is 17.2 Å². The SMILES string of the molecule is Cc1nc(CCNC(=O)C2CCCC2)sc1Cc1ccccc1. The number of hydrogen-bond acceptors (Lipinski definition) is 3. The summed E-state index contributed by atoms with van der Waals surface area (Å²) < 4.78 is 0. The standard InChI is InChI=1S/C19H24N2OS/c1-14-17(13-15-7-3-2-4-8-15)23-18(21-14)11-12-20-19(22)16-9-5-6-10-16/h2-4,7-8,16H,5-6,9-13H2,1H3,(H,20,22). The van der Waals surface area contributed by atoms with E-state index in [9.17, 15) is 4.79 Å². The van der Waals surface area contributed by atoms with Gasteiger partial charge in [-0.1, -0.05) is 43.2 Å². The monoisotopic (exact) mass is 328 g/mol.